The highest BCUT2D eigenvalue weighted by molar-refractivity contribution is 5.97. The van der Waals surface area contributed by atoms with Gasteiger partial charge in [-0.15, -0.1) is 0 Å². The molecule has 0 saturated carbocycles. The maximum atomic E-state index is 11.9. The van der Waals surface area contributed by atoms with Crippen LogP contribution in [-0.4, -0.2) is 42.0 Å². The Hall–Kier alpha value is -1.10. The predicted molar refractivity (Wildman–Crippen MR) is 59.9 cm³/mol. The van der Waals surface area contributed by atoms with Gasteiger partial charge in [0.05, 0.1) is 6.04 Å². The Morgan fingerprint density at radius 1 is 1.62 bits per heavy atom. The number of nitrogens with zero attached hydrogens (tertiary/aromatic N) is 1. The zero-order chi connectivity index (χ0) is 11.7. The first kappa shape index (κ1) is 11.4. The molecule has 2 saturated heterocycles. The summed E-state index contributed by atoms with van der Waals surface area (Å²) >= 11 is 0. The van der Waals surface area contributed by atoms with Crippen molar-refractivity contribution in [2.75, 3.05) is 13.1 Å². The molecule has 0 radical (unpaired) electrons. The van der Waals surface area contributed by atoms with Gasteiger partial charge in [0.1, 0.15) is 0 Å². The van der Waals surface area contributed by atoms with Gasteiger partial charge in [-0.1, -0.05) is 13.8 Å². The van der Waals surface area contributed by atoms with E-state index in [-0.39, 0.29) is 24.0 Å². The molecule has 0 spiro atoms. The van der Waals surface area contributed by atoms with Crippen LogP contribution in [0.3, 0.4) is 0 Å². The van der Waals surface area contributed by atoms with Crippen LogP contribution in [0.25, 0.3) is 0 Å². The fourth-order valence-corrected chi connectivity index (χ4v) is 2.38. The highest BCUT2D eigenvalue weighted by Crippen LogP contribution is 2.25. The van der Waals surface area contributed by atoms with Crippen molar-refractivity contribution < 1.29 is 9.59 Å². The lowest BCUT2D eigenvalue weighted by molar-refractivity contribution is -0.126. The van der Waals surface area contributed by atoms with Crippen molar-refractivity contribution in [2.45, 2.75) is 38.8 Å². The third kappa shape index (κ3) is 2.04. The number of amides is 3. The van der Waals surface area contributed by atoms with Crippen LogP contribution in [0, 0.1) is 5.92 Å². The Labute approximate surface area is 95.6 Å². The van der Waals surface area contributed by atoms with Gasteiger partial charge in [0.15, 0.2) is 0 Å². The van der Waals surface area contributed by atoms with Crippen LogP contribution in [0.5, 0.6) is 0 Å². The first-order chi connectivity index (χ1) is 7.59. The number of carbonyl (C=O) groups excluding carboxylic acids is 2. The average Bonchev–Trinajstić information content (AvgIpc) is 2.73. The second kappa shape index (κ2) is 4.41. The molecule has 0 aromatic carbocycles. The second-order valence-electron chi connectivity index (χ2n) is 4.96. The molecule has 2 rings (SSSR count). The zero-order valence-electron chi connectivity index (χ0n) is 9.82. The van der Waals surface area contributed by atoms with Crippen molar-refractivity contribution in [3.63, 3.8) is 0 Å². The first-order valence-electron chi connectivity index (χ1n) is 5.93. The van der Waals surface area contributed by atoms with Crippen molar-refractivity contribution in [3.8, 4) is 0 Å². The van der Waals surface area contributed by atoms with E-state index in [4.69, 9.17) is 0 Å². The van der Waals surface area contributed by atoms with Crippen molar-refractivity contribution >= 4 is 11.9 Å². The molecule has 2 heterocycles. The summed E-state index contributed by atoms with van der Waals surface area (Å²) in [6.45, 7) is 5.59. The Balaban J connectivity index is 1.97. The van der Waals surface area contributed by atoms with E-state index in [0.717, 1.165) is 13.0 Å². The van der Waals surface area contributed by atoms with Crippen molar-refractivity contribution in [3.05, 3.63) is 0 Å². The van der Waals surface area contributed by atoms with E-state index in [9.17, 15) is 9.59 Å². The van der Waals surface area contributed by atoms with Gasteiger partial charge in [-0.25, -0.2) is 4.79 Å². The summed E-state index contributed by atoms with van der Waals surface area (Å²) in [7, 11) is 0. The molecular weight excluding hydrogens is 206 g/mol. The topological polar surface area (TPSA) is 61.4 Å². The van der Waals surface area contributed by atoms with Crippen molar-refractivity contribution in [2.24, 2.45) is 5.92 Å². The number of hydrogen-bond donors (Lipinski definition) is 2. The third-order valence-electron chi connectivity index (χ3n) is 3.19. The minimum atomic E-state index is -0.227. The molecule has 0 aromatic heterocycles. The maximum absolute atomic E-state index is 11.9. The molecule has 3 amide bonds. The summed E-state index contributed by atoms with van der Waals surface area (Å²) in [5.74, 6) is 0.350. The van der Waals surface area contributed by atoms with Crippen LogP contribution in [0.1, 0.15) is 26.7 Å². The lowest BCUT2D eigenvalue weighted by Crippen LogP contribution is -2.47. The van der Waals surface area contributed by atoms with Gasteiger partial charge in [0.25, 0.3) is 0 Å². The van der Waals surface area contributed by atoms with Crippen LogP contribution in [0.2, 0.25) is 0 Å². The quantitative estimate of drug-likeness (QED) is 0.711. The van der Waals surface area contributed by atoms with Gasteiger partial charge in [0, 0.05) is 19.0 Å². The molecule has 0 aromatic rings. The number of nitrogens with one attached hydrogen (secondary N) is 2. The molecule has 2 unspecified atom stereocenters. The smallest absolute Gasteiger partial charge is 0.324 e. The molecule has 2 aliphatic heterocycles. The molecule has 2 atom stereocenters. The van der Waals surface area contributed by atoms with Crippen LogP contribution in [0.4, 0.5) is 4.79 Å². The molecule has 5 heteroatoms. The van der Waals surface area contributed by atoms with Crippen LogP contribution in [0.15, 0.2) is 0 Å². The van der Waals surface area contributed by atoms with E-state index in [2.05, 4.69) is 10.6 Å². The number of rotatable bonds is 2. The largest absolute Gasteiger partial charge is 0.337 e. The molecule has 5 nitrogen and oxygen atoms in total. The summed E-state index contributed by atoms with van der Waals surface area (Å²) < 4.78 is 0. The van der Waals surface area contributed by atoms with E-state index in [1.54, 1.807) is 0 Å². The second-order valence-corrected chi connectivity index (χ2v) is 4.96. The van der Waals surface area contributed by atoms with Crippen LogP contribution < -0.4 is 10.6 Å². The van der Waals surface area contributed by atoms with Crippen LogP contribution >= 0.6 is 0 Å². The van der Waals surface area contributed by atoms with Crippen molar-refractivity contribution in [1.29, 1.82) is 0 Å². The van der Waals surface area contributed by atoms with Gasteiger partial charge in [0.2, 0.25) is 5.91 Å². The van der Waals surface area contributed by atoms with Gasteiger partial charge >= 0.3 is 6.03 Å². The highest BCUT2D eigenvalue weighted by Gasteiger charge is 2.45. The summed E-state index contributed by atoms with van der Waals surface area (Å²) in [6.07, 6.45) is 1.34. The predicted octanol–water partition coefficient (Wildman–Crippen LogP) is 0.315. The summed E-state index contributed by atoms with van der Waals surface area (Å²) in [5, 5.41) is 6.06. The molecule has 0 aliphatic carbocycles. The Morgan fingerprint density at radius 2 is 2.38 bits per heavy atom. The number of carbonyl (C=O) groups is 2. The summed E-state index contributed by atoms with van der Waals surface area (Å²) in [6, 6.07) is 0.0202. The third-order valence-corrected chi connectivity index (χ3v) is 3.19. The fraction of sp³-hybridized carbons (Fsp3) is 0.818. The van der Waals surface area contributed by atoms with E-state index in [0.29, 0.717) is 18.9 Å². The van der Waals surface area contributed by atoms with Crippen LogP contribution in [-0.2, 0) is 4.79 Å². The monoisotopic (exact) mass is 225 g/mol. The Morgan fingerprint density at radius 3 is 3.06 bits per heavy atom. The fourth-order valence-electron chi connectivity index (χ4n) is 2.38. The summed E-state index contributed by atoms with van der Waals surface area (Å²) in [5.41, 5.74) is 0. The van der Waals surface area contributed by atoms with E-state index >= 15 is 0 Å². The lowest BCUT2D eigenvalue weighted by Gasteiger charge is -2.22. The van der Waals surface area contributed by atoms with Crippen molar-refractivity contribution in [1.82, 2.24) is 15.5 Å². The highest BCUT2D eigenvalue weighted by atomic mass is 16.2. The Kier molecular flexibility index (Phi) is 3.14. The molecule has 0 bridgehead atoms. The maximum Gasteiger partial charge on any atom is 0.324 e. The first-order valence-corrected chi connectivity index (χ1v) is 5.93. The zero-order valence-corrected chi connectivity index (χ0v) is 9.82. The van der Waals surface area contributed by atoms with E-state index in [1.807, 2.05) is 13.8 Å². The molecule has 2 N–H and O–H groups in total. The molecule has 90 valence electrons. The van der Waals surface area contributed by atoms with Gasteiger partial charge in [-0.3, -0.25) is 9.69 Å². The number of fused-ring (bicyclic) bond motifs is 1. The number of urea groups is 1. The minimum absolute atomic E-state index is 0.0524. The molecule has 2 fully saturated rings. The average molecular weight is 225 g/mol. The normalized spacial score (nSPS) is 28.7. The number of hydrogen-bond acceptors (Lipinski definition) is 3. The van der Waals surface area contributed by atoms with Gasteiger partial charge < -0.3 is 10.6 Å². The van der Waals surface area contributed by atoms with E-state index in [1.165, 1.54) is 4.90 Å². The number of likely N-dealkylation sites (tertiary alicyclic amines) is 1. The van der Waals surface area contributed by atoms with E-state index < -0.39 is 0 Å². The SMILES string of the molecule is CC(C)CNC(=O)N1C(=O)CC2NCCC21. The number of imide groups is 1. The summed E-state index contributed by atoms with van der Waals surface area (Å²) in [4.78, 5) is 25.0. The van der Waals surface area contributed by atoms with Gasteiger partial charge in [-0.05, 0) is 18.9 Å². The minimum Gasteiger partial charge on any atom is -0.337 e. The Bertz CT molecular complexity index is 304. The van der Waals surface area contributed by atoms with Gasteiger partial charge in [-0.2, -0.15) is 0 Å². The lowest BCUT2D eigenvalue weighted by atomic mass is 10.1. The molecule has 2 aliphatic rings. The molecular formula is C11H19N3O2. The molecule has 16 heavy (non-hydrogen) atoms. The standard InChI is InChI=1S/C11H19N3O2/c1-7(2)6-13-11(16)14-9-3-4-12-8(9)5-10(14)15/h7-9,12H,3-6H2,1-2H3,(H,13,16).